The molecule has 0 saturated heterocycles. The summed E-state index contributed by atoms with van der Waals surface area (Å²) in [4.78, 5) is 15.2. The van der Waals surface area contributed by atoms with E-state index in [2.05, 4.69) is 31.4 Å². The third kappa shape index (κ3) is 4.05. The number of aromatic nitrogens is 1. The van der Waals surface area contributed by atoms with E-state index in [1.807, 2.05) is 31.2 Å². The van der Waals surface area contributed by atoms with E-state index in [1.165, 1.54) is 0 Å². The Morgan fingerprint density at radius 1 is 1.31 bits per heavy atom. The van der Waals surface area contributed by atoms with Crippen molar-refractivity contribution in [3.05, 3.63) is 58.2 Å². The normalized spacial score (nSPS) is 11.0. The van der Waals surface area contributed by atoms with Crippen molar-refractivity contribution in [2.45, 2.75) is 6.92 Å². The maximum Gasteiger partial charge on any atom is 0.277 e. The van der Waals surface area contributed by atoms with Gasteiger partial charge in [0.2, 0.25) is 0 Å². The van der Waals surface area contributed by atoms with Crippen molar-refractivity contribution in [3.8, 4) is 11.5 Å². The summed E-state index contributed by atoms with van der Waals surface area (Å²) in [6.07, 6.45) is 1.63. The molecule has 3 rings (SSSR count). The molecule has 1 aromatic heterocycles. The van der Waals surface area contributed by atoms with Crippen molar-refractivity contribution >= 4 is 39.0 Å². The average Bonchev–Trinajstić information content (AvgIpc) is 2.96. The van der Waals surface area contributed by atoms with E-state index in [0.29, 0.717) is 16.0 Å². The SMILES string of the molecule is COc1ccc(OCC(=O)N/N=C\c2c(C)[nH]c3ccccc23)c(Br)c1. The molecule has 3 aromatic rings. The van der Waals surface area contributed by atoms with Crippen LogP contribution in [0, 0.1) is 6.92 Å². The summed E-state index contributed by atoms with van der Waals surface area (Å²) in [7, 11) is 1.59. The Balaban J connectivity index is 1.58. The first-order valence-corrected chi connectivity index (χ1v) is 8.73. The number of amides is 1. The van der Waals surface area contributed by atoms with E-state index in [0.717, 1.165) is 22.2 Å². The monoisotopic (exact) mass is 415 g/mol. The van der Waals surface area contributed by atoms with Crippen LogP contribution in [0.3, 0.4) is 0 Å². The number of halogens is 1. The van der Waals surface area contributed by atoms with Gasteiger partial charge in [0.25, 0.3) is 5.91 Å². The number of benzene rings is 2. The van der Waals surface area contributed by atoms with Gasteiger partial charge in [-0.05, 0) is 47.1 Å². The van der Waals surface area contributed by atoms with Crippen LogP contribution in [0.25, 0.3) is 10.9 Å². The number of nitrogens with one attached hydrogen (secondary N) is 2. The first kappa shape index (κ1) is 18.0. The maximum absolute atomic E-state index is 11.9. The molecule has 134 valence electrons. The van der Waals surface area contributed by atoms with Gasteiger partial charge in [0.05, 0.1) is 17.8 Å². The number of hydrogen-bond acceptors (Lipinski definition) is 4. The molecule has 0 unspecified atom stereocenters. The van der Waals surface area contributed by atoms with E-state index in [-0.39, 0.29) is 12.5 Å². The van der Waals surface area contributed by atoms with Crippen molar-refractivity contribution in [2.24, 2.45) is 5.10 Å². The van der Waals surface area contributed by atoms with Crippen molar-refractivity contribution in [1.29, 1.82) is 0 Å². The second-order valence-electron chi connectivity index (χ2n) is 5.59. The molecule has 1 amide bonds. The fourth-order valence-electron chi connectivity index (χ4n) is 2.53. The molecule has 0 fully saturated rings. The standard InChI is InChI=1S/C19H18BrN3O3/c1-12-15(14-5-3-4-6-17(14)22-12)10-21-23-19(24)11-26-18-8-7-13(25-2)9-16(18)20/h3-10,22H,11H2,1-2H3,(H,23,24)/b21-10-. The maximum atomic E-state index is 11.9. The molecule has 0 radical (unpaired) electrons. The molecular weight excluding hydrogens is 398 g/mol. The van der Waals surface area contributed by atoms with Crippen molar-refractivity contribution in [3.63, 3.8) is 0 Å². The van der Waals surface area contributed by atoms with Crippen LogP contribution in [0.1, 0.15) is 11.3 Å². The zero-order chi connectivity index (χ0) is 18.5. The van der Waals surface area contributed by atoms with Gasteiger partial charge in [0, 0.05) is 22.2 Å². The summed E-state index contributed by atoms with van der Waals surface area (Å²) in [5.41, 5.74) is 5.44. The number of para-hydroxylation sites is 1. The number of fused-ring (bicyclic) bond motifs is 1. The van der Waals surface area contributed by atoms with Crippen LogP contribution >= 0.6 is 15.9 Å². The predicted octanol–water partition coefficient (Wildman–Crippen LogP) is 3.78. The number of carbonyl (C=O) groups excluding carboxylic acids is 1. The third-order valence-corrected chi connectivity index (χ3v) is 4.44. The molecule has 0 aliphatic rings. The Bertz CT molecular complexity index is 966. The van der Waals surface area contributed by atoms with E-state index in [4.69, 9.17) is 9.47 Å². The van der Waals surface area contributed by atoms with Gasteiger partial charge in [-0.25, -0.2) is 5.43 Å². The number of ether oxygens (including phenoxy) is 2. The van der Waals surface area contributed by atoms with Gasteiger partial charge in [-0.3, -0.25) is 4.79 Å². The van der Waals surface area contributed by atoms with Crippen LogP contribution < -0.4 is 14.9 Å². The summed E-state index contributed by atoms with van der Waals surface area (Å²) < 4.78 is 11.3. The van der Waals surface area contributed by atoms with Crippen LogP contribution in [-0.2, 0) is 4.79 Å². The van der Waals surface area contributed by atoms with Crippen LogP contribution in [-0.4, -0.2) is 30.8 Å². The van der Waals surface area contributed by atoms with Gasteiger partial charge in [0.1, 0.15) is 11.5 Å². The Hall–Kier alpha value is -2.80. The second kappa shape index (κ2) is 8.05. The first-order valence-electron chi connectivity index (χ1n) is 7.94. The first-order chi connectivity index (χ1) is 12.6. The number of rotatable bonds is 6. The molecule has 6 nitrogen and oxygen atoms in total. The quantitative estimate of drug-likeness (QED) is 0.475. The highest BCUT2D eigenvalue weighted by atomic mass is 79.9. The number of hydrazone groups is 1. The molecule has 0 aliphatic carbocycles. The minimum atomic E-state index is -0.346. The van der Waals surface area contributed by atoms with Crippen LogP contribution in [0.2, 0.25) is 0 Å². The third-order valence-electron chi connectivity index (χ3n) is 3.82. The number of aryl methyl sites for hydroxylation is 1. The topological polar surface area (TPSA) is 75.7 Å². The van der Waals surface area contributed by atoms with Gasteiger partial charge >= 0.3 is 0 Å². The lowest BCUT2D eigenvalue weighted by molar-refractivity contribution is -0.123. The molecule has 26 heavy (non-hydrogen) atoms. The molecule has 2 N–H and O–H groups in total. The minimum absolute atomic E-state index is 0.144. The number of aromatic amines is 1. The number of hydrogen-bond donors (Lipinski definition) is 2. The largest absolute Gasteiger partial charge is 0.497 e. The summed E-state index contributed by atoms with van der Waals surface area (Å²) in [5.74, 6) is 0.909. The molecule has 0 bridgehead atoms. The van der Waals surface area contributed by atoms with Gasteiger partial charge in [-0.1, -0.05) is 18.2 Å². The Morgan fingerprint density at radius 2 is 2.12 bits per heavy atom. The van der Waals surface area contributed by atoms with Gasteiger partial charge < -0.3 is 14.5 Å². The molecule has 0 atom stereocenters. The summed E-state index contributed by atoms with van der Waals surface area (Å²) in [5, 5.41) is 5.09. The van der Waals surface area contributed by atoms with E-state index >= 15 is 0 Å². The summed E-state index contributed by atoms with van der Waals surface area (Å²) in [6, 6.07) is 13.2. The highest BCUT2D eigenvalue weighted by Crippen LogP contribution is 2.29. The molecule has 7 heteroatoms. The highest BCUT2D eigenvalue weighted by Gasteiger charge is 2.07. The Labute approximate surface area is 159 Å². The zero-order valence-corrected chi connectivity index (χ0v) is 16.0. The smallest absolute Gasteiger partial charge is 0.277 e. The van der Waals surface area contributed by atoms with Gasteiger partial charge in [-0.15, -0.1) is 0 Å². The lowest BCUT2D eigenvalue weighted by Gasteiger charge is -2.08. The predicted molar refractivity (Wildman–Crippen MR) is 105 cm³/mol. The molecule has 1 heterocycles. The lowest BCUT2D eigenvalue weighted by Crippen LogP contribution is -2.24. The van der Waals surface area contributed by atoms with Crippen molar-refractivity contribution < 1.29 is 14.3 Å². The zero-order valence-electron chi connectivity index (χ0n) is 14.4. The van der Waals surface area contributed by atoms with E-state index in [9.17, 15) is 4.79 Å². The fourth-order valence-corrected chi connectivity index (χ4v) is 3.01. The summed E-state index contributed by atoms with van der Waals surface area (Å²) >= 11 is 3.38. The van der Waals surface area contributed by atoms with Crippen LogP contribution in [0.15, 0.2) is 52.0 Å². The van der Waals surface area contributed by atoms with Crippen molar-refractivity contribution in [1.82, 2.24) is 10.4 Å². The summed E-state index contributed by atoms with van der Waals surface area (Å²) in [6.45, 7) is 1.82. The Kier molecular flexibility index (Phi) is 5.58. The molecule has 0 spiro atoms. The second-order valence-corrected chi connectivity index (χ2v) is 6.44. The molecular formula is C19H18BrN3O3. The van der Waals surface area contributed by atoms with Crippen LogP contribution in [0.4, 0.5) is 0 Å². The minimum Gasteiger partial charge on any atom is -0.497 e. The van der Waals surface area contributed by atoms with Crippen molar-refractivity contribution in [2.75, 3.05) is 13.7 Å². The van der Waals surface area contributed by atoms with E-state index in [1.54, 1.807) is 31.5 Å². The fraction of sp³-hybridized carbons (Fsp3) is 0.158. The average molecular weight is 416 g/mol. The van der Waals surface area contributed by atoms with Gasteiger partial charge in [0.15, 0.2) is 6.61 Å². The molecule has 0 aliphatic heterocycles. The van der Waals surface area contributed by atoms with Crippen LogP contribution in [0.5, 0.6) is 11.5 Å². The molecule has 2 aromatic carbocycles. The lowest BCUT2D eigenvalue weighted by atomic mass is 10.1. The number of carbonyl (C=O) groups is 1. The van der Waals surface area contributed by atoms with Gasteiger partial charge in [-0.2, -0.15) is 5.10 Å². The number of nitrogens with zero attached hydrogens (tertiary/aromatic N) is 1. The number of H-pyrrole nitrogens is 1. The molecule has 0 saturated carbocycles. The Morgan fingerprint density at radius 3 is 2.88 bits per heavy atom. The van der Waals surface area contributed by atoms with E-state index < -0.39 is 0 Å². The number of methoxy groups -OCH3 is 1. The highest BCUT2D eigenvalue weighted by molar-refractivity contribution is 9.10.